The second kappa shape index (κ2) is 4.52. The fraction of sp³-hybridized carbons (Fsp3) is 0.412. The first-order valence-electron chi connectivity index (χ1n) is 6.49. The van der Waals surface area contributed by atoms with Crippen molar-refractivity contribution in [2.24, 2.45) is 0 Å². The van der Waals surface area contributed by atoms with Crippen LogP contribution >= 0.6 is 0 Å². The van der Waals surface area contributed by atoms with Crippen molar-refractivity contribution < 1.29 is 0 Å². The predicted molar refractivity (Wildman–Crippen MR) is 75.4 cm³/mol. The van der Waals surface area contributed by atoms with Gasteiger partial charge in [0.05, 0.1) is 0 Å². The van der Waals surface area contributed by atoms with Crippen molar-refractivity contribution in [2.75, 3.05) is 0 Å². The molecule has 0 aliphatic heterocycles. The molecule has 0 heteroatoms. The van der Waals surface area contributed by atoms with Crippen LogP contribution in [0.15, 0.2) is 42.0 Å². The second-order valence-electron chi connectivity index (χ2n) is 5.43. The highest BCUT2D eigenvalue weighted by molar-refractivity contribution is 5.41. The first kappa shape index (κ1) is 12.2. The third kappa shape index (κ3) is 2.36. The van der Waals surface area contributed by atoms with Gasteiger partial charge in [0.1, 0.15) is 0 Å². The zero-order valence-electron chi connectivity index (χ0n) is 11.4. The number of benzene rings is 1. The summed E-state index contributed by atoms with van der Waals surface area (Å²) in [5, 5.41) is 0. The number of hydrogen-bond acceptors (Lipinski definition) is 0. The minimum absolute atomic E-state index is 0.218. The molecule has 0 heterocycles. The third-order valence-corrected chi connectivity index (χ3v) is 3.82. The summed E-state index contributed by atoms with van der Waals surface area (Å²) in [4.78, 5) is 0. The van der Waals surface area contributed by atoms with Gasteiger partial charge < -0.3 is 0 Å². The van der Waals surface area contributed by atoms with E-state index in [2.05, 4.69) is 64.1 Å². The molecule has 17 heavy (non-hydrogen) atoms. The standard InChI is InChI=1S/C17H22/c1-5-17(8-6-7-13(2)12-17)16-10-14(3)9-15(4)11-16/h6-11H,5,12H2,1-4H3. The number of allylic oxidation sites excluding steroid dienone is 4. The molecule has 0 saturated carbocycles. The van der Waals surface area contributed by atoms with Gasteiger partial charge in [-0.15, -0.1) is 0 Å². The van der Waals surface area contributed by atoms with Crippen molar-refractivity contribution in [1.82, 2.24) is 0 Å². The molecule has 90 valence electrons. The molecule has 1 aromatic rings. The van der Waals surface area contributed by atoms with Crippen molar-refractivity contribution in [2.45, 2.75) is 46.0 Å². The highest BCUT2D eigenvalue weighted by atomic mass is 14.3. The predicted octanol–water partition coefficient (Wildman–Crippen LogP) is 4.86. The lowest BCUT2D eigenvalue weighted by molar-refractivity contribution is 0.504. The summed E-state index contributed by atoms with van der Waals surface area (Å²) in [6.45, 7) is 8.90. The summed E-state index contributed by atoms with van der Waals surface area (Å²) in [5.41, 5.74) is 5.91. The Kier molecular flexibility index (Phi) is 3.24. The smallest absolute Gasteiger partial charge is 0.0170 e. The van der Waals surface area contributed by atoms with Crippen molar-refractivity contribution in [3.8, 4) is 0 Å². The van der Waals surface area contributed by atoms with Gasteiger partial charge in [-0.25, -0.2) is 0 Å². The third-order valence-electron chi connectivity index (χ3n) is 3.82. The molecule has 1 aromatic carbocycles. The average Bonchev–Trinajstić information content (AvgIpc) is 2.27. The van der Waals surface area contributed by atoms with Crippen molar-refractivity contribution in [3.05, 3.63) is 58.7 Å². The molecule has 0 bridgehead atoms. The largest absolute Gasteiger partial charge is 0.0736 e. The van der Waals surface area contributed by atoms with Crippen LogP contribution in [0.25, 0.3) is 0 Å². The van der Waals surface area contributed by atoms with E-state index in [1.807, 2.05) is 0 Å². The molecular formula is C17H22. The van der Waals surface area contributed by atoms with Gasteiger partial charge >= 0.3 is 0 Å². The van der Waals surface area contributed by atoms with E-state index in [0.717, 1.165) is 12.8 Å². The molecule has 0 spiro atoms. The van der Waals surface area contributed by atoms with E-state index in [0.29, 0.717) is 0 Å². The van der Waals surface area contributed by atoms with Gasteiger partial charge in [-0.1, -0.05) is 60.1 Å². The summed E-state index contributed by atoms with van der Waals surface area (Å²) in [7, 11) is 0. The van der Waals surface area contributed by atoms with Gasteiger partial charge in [0.25, 0.3) is 0 Å². The van der Waals surface area contributed by atoms with Crippen LogP contribution in [0, 0.1) is 13.8 Å². The lowest BCUT2D eigenvalue weighted by Crippen LogP contribution is -2.24. The van der Waals surface area contributed by atoms with E-state index >= 15 is 0 Å². The van der Waals surface area contributed by atoms with E-state index in [1.165, 1.54) is 22.3 Å². The summed E-state index contributed by atoms with van der Waals surface area (Å²) in [5.74, 6) is 0. The Morgan fingerprint density at radius 1 is 1.06 bits per heavy atom. The van der Waals surface area contributed by atoms with E-state index in [4.69, 9.17) is 0 Å². The Hall–Kier alpha value is -1.30. The first-order chi connectivity index (χ1) is 8.05. The molecule has 0 N–H and O–H groups in total. The topological polar surface area (TPSA) is 0 Å². The maximum Gasteiger partial charge on any atom is 0.0170 e. The van der Waals surface area contributed by atoms with E-state index < -0.39 is 0 Å². The fourth-order valence-electron chi connectivity index (χ4n) is 2.92. The van der Waals surface area contributed by atoms with Crippen molar-refractivity contribution in [1.29, 1.82) is 0 Å². The average molecular weight is 226 g/mol. The monoisotopic (exact) mass is 226 g/mol. The Morgan fingerprint density at radius 2 is 1.71 bits per heavy atom. The zero-order valence-corrected chi connectivity index (χ0v) is 11.4. The molecule has 0 fully saturated rings. The number of hydrogen-bond donors (Lipinski definition) is 0. The normalized spacial score (nSPS) is 23.6. The Morgan fingerprint density at radius 3 is 2.24 bits per heavy atom. The minimum Gasteiger partial charge on any atom is -0.0736 e. The molecule has 1 unspecified atom stereocenters. The van der Waals surface area contributed by atoms with Crippen molar-refractivity contribution in [3.63, 3.8) is 0 Å². The summed E-state index contributed by atoms with van der Waals surface area (Å²) in [6, 6.07) is 6.95. The Balaban J connectivity index is 2.49. The fourth-order valence-corrected chi connectivity index (χ4v) is 2.92. The van der Waals surface area contributed by atoms with Gasteiger partial charge in [0.2, 0.25) is 0 Å². The summed E-state index contributed by atoms with van der Waals surface area (Å²) < 4.78 is 0. The Bertz CT molecular complexity index is 457. The minimum atomic E-state index is 0.218. The zero-order chi connectivity index (χ0) is 12.5. The van der Waals surface area contributed by atoms with Gasteiger partial charge in [-0.3, -0.25) is 0 Å². The second-order valence-corrected chi connectivity index (χ2v) is 5.43. The lowest BCUT2D eigenvalue weighted by atomic mass is 9.71. The highest BCUT2D eigenvalue weighted by Gasteiger charge is 2.29. The molecule has 0 nitrogen and oxygen atoms in total. The van der Waals surface area contributed by atoms with E-state index in [-0.39, 0.29) is 5.41 Å². The van der Waals surface area contributed by atoms with Gasteiger partial charge in [0.15, 0.2) is 0 Å². The van der Waals surface area contributed by atoms with Crippen LogP contribution < -0.4 is 0 Å². The van der Waals surface area contributed by atoms with Crippen LogP contribution in [0.2, 0.25) is 0 Å². The van der Waals surface area contributed by atoms with Gasteiger partial charge in [0, 0.05) is 5.41 Å². The van der Waals surface area contributed by atoms with Crippen LogP contribution in [-0.4, -0.2) is 0 Å². The van der Waals surface area contributed by atoms with Crippen LogP contribution in [-0.2, 0) is 5.41 Å². The molecule has 2 rings (SSSR count). The molecule has 0 aromatic heterocycles. The maximum atomic E-state index is 2.38. The molecule has 1 aliphatic carbocycles. The highest BCUT2D eigenvalue weighted by Crippen LogP contribution is 2.39. The van der Waals surface area contributed by atoms with Crippen molar-refractivity contribution >= 4 is 0 Å². The van der Waals surface area contributed by atoms with Gasteiger partial charge in [-0.2, -0.15) is 0 Å². The summed E-state index contributed by atoms with van der Waals surface area (Å²) in [6.07, 6.45) is 9.16. The SMILES string of the molecule is CCC1(c2cc(C)cc(C)c2)C=CC=C(C)C1. The molecule has 1 atom stereocenters. The molecule has 0 amide bonds. The molecule has 1 aliphatic rings. The van der Waals surface area contributed by atoms with Crippen LogP contribution in [0.4, 0.5) is 0 Å². The maximum absolute atomic E-state index is 2.38. The number of rotatable bonds is 2. The van der Waals surface area contributed by atoms with Crippen LogP contribution in [0.3, 0.4) is 0 Å². The molecule has 0 radical (unpaired) electrons. The van der Waals surface area contributed by atoms with Gasteiger partial charge in [-0.05, 0) is 39.2 Å². The van der Waals surface area contributed by atoms with E-state index in [9.17, 15) is 0 Å². The molecular weight excluding hydrogens is 204 g/mol. The first-order valence-corrected chi connectivity index (χ1v) is 6.49. The Labute approximate surface area is 105 Å². The number of aryl methyl sites for hydroxylation is 2. The van der Waals surface area contributed by atoms with E-state index in [1.54, 1.807) is 0 Å². The molecule has 0 saturated heterocycles. The van der Waals surface area contributed by atoms with Crippen LogP contribution in [0.5, 0.6) is 0 Å². The summed E-state index contributed by atoms with van der Waals surface area (Å²) >= 11 is 0. The van der Waals surface area contributed by atoms with Crippen LogP contribution in [0.1, 0.15) is 43.4 Å². The quantitative estimate of drug-likeness (QED) is 0.675. The lowest BCUT2D eigenvalue weighted by Gasteiger charge is -2.33.